The van der Waals surface area contributed by atoms with Gasteiger partial charge in [-0.3, -0.25) is 24.0 Å². The summed E-state index contributed by atoms with van der Waals surface area (Å²) in [6.45, 7) is 11.1. The molecule has 1 unspecified atom stereocenters. The van der Waals surface area contributed by atoms with Crippen molar-refractivity contribution in [1.82, 2.24) is 16.1 Å². The zero-order valence-electron chi connectivity index (χ0n) is 21.4. The molecule has 196 valence electrons. The third kappa shape index (κ3) is 10.8. The van der Waals surface area contributed by atoms with Gasteiger partial charge in [0.25, 0.3) is 5.91 Å². The molecule has 0 aliphatic rings. The number of carbonyl (C=O) groups excluding carboxylic acids is 4. The van der Waals surface area contributed by atoms with Gasteiger partial charge in [0.05, 0.1) is 30.7 Å². The van der Waals surface area contributed by atoms with Crippen molar-refractivity contribution in [2.24, 2.45) is 17.6 Å². The molecule has 0 heterocycles. The molecule has 1 aromatic carbocycles. The monoisotopic (exact) mass is 493 g/mol. The predicted molar refractivity (Wildman–Crippen MR) is 132 cm³/mol. The number of esters is 1. The Labute approximate surface area is 206 Å². The van der Waals surface area contributed by atoms with Crippen LogP contribution >= 0.6 is 0 Å². The lowest BCUT2D eigenvalue weighted by atomic mass is 10.0. The third-order valence-electron chi connectivity index (χ3n) is 4.75. The number of rotatable bonds is 14. The summed E-state index contributed by atoms with van der Waals surface area (Å²) >= 11 is 0. The molecule has 11 heteroatoms. The minimum atomic E-state index is -0.585. The fourth-order valence-corrected chi connectivity index (χ4v) is 2.95. The molecule has 0 aliphatic heterocycles. The van der Waals surface area contributed by atoms with Crippen molar-refractivity contribution >= 4 is 29.4 Å². The average Bonchev–Trinajstić information content (AvgIpc) is 2.79. The van der Waals surface area contributed by atoms with Gasteiger partial charge in [0.1, 0.15) is 6.61 Å². The van der Waals surface area contributed by atoms with Crippen LogP contribution in [0.3, 0.4) is 0 Å². The van der Waals surface area contributed by atoms with E-state index in [2.05, 4.69) is 21.4 Å². The van der Waals surface area contributed by atoms with Crippen LogP contribution in [0.5, 0.6) is 0 Å². The quantitative estimate of drug-likeness (QED) is 0.146. The molecule has 11 nitrogen and oxygen atoms in total. The summed E-state index contributed by atoms with van der Waals surface area (Å²) in [4.78, 5) is 54.4. The highest BCUT2D eigenvalue weighted by molar-refractivity contribution is 5.99. The zero-order chi connectivity index (χ0) is 26.5. The van der Waals surface area contributed by atoms with Crippen LogP contribution in [0.1, 0.15) is 57.5 Å². The van der Waals surface area contributed by atoms with Gasteiger partial charge < -0.3 is 26.4 Å². The van der Waals surface area contributed by atoms with Crippen molar-refractivity contribution in [3.8, 4) is 0 Å². The van der Waals surface area contributed by atoms with E-state index in [0.717, 1.165) is 0 Å². The predicted octanol–water partition coefficient (Wildman–Crippen LogP) is 1.08. The summed E-state index contributed by atoms with van der Waals surface area (Å²) in [5.74, 6) is -2.01. The van der Waals surface area contributed by atoms with E-state index in [1.54, 1.807) is 26.0 Å². The van der Waals surface area contributed by atoms with Gasteiger partial charge in [0, 0.05) is 23.8 Å². The molecule has 0 fully saturated rings. The number of hydrogen-bond acceptors (Lipinski definition) is 8. The van der Waals surface area contributed by atoms with Gasteiger partial charge >= 0.3 is 5.97 Å². The van der Waals surface area contributed by atoms with E-state index in [4.69, 9.17) is 15.3 Å². The Morgan fingerprint density at radius 1 is 1.03 bits per heavy atom. The smallest absolute Gasteiger partial charge is 0.308 e. The number of hydroxylamine groups is 1. The van der Waals surface area contributed by atoms with Crippen molar-refractivity contribution in [3.63, 3.8) is 0 Å². The van der Waals surface area contributed by atoms with Crippen LogP contribution in [0.2, 0.25) is 0 Å². The van der Waals surface area contributed by atoms with E-state index in [0.29, 0.717) is 11.3 Å². The molecule has 0 aliphatic carbocycles. The Morgan fingerprint density at radius 2 is 1.71 bits per heavy atom. The van der Waals surface area contributed by atoms with Crippen LogP contribution < -0.4 is 27.2 Å². The highest BCUT2D eigenvalue weighted by atomic mass is 16.6. The lowest BCUT2D eigenvalue weighted by molar-refractivity contribution is -0.148. The normalized spacial score (nSPS) is 11.9. The minimum absolute atomic E-state index is 0.0420. The second kappa shape index (κ2) is 15.1. The highest BCUT2D eigenvalue weighted by Crippen LogP contribution is 2.18. The minimum Gasteiger partial charge on any atom is -0.461 e. The summed E-state index contributed by atoms with van der Waals surface area (Å²) < 4.78 is 5.24. The number of carbonyl (C=O) groups is 4. The van der Waals surface area contributed by atoms with Gasteiger partial charge in [-0.05, 0) is 18.1 Å². The van der Waals surface area contributed by atoms with Crippen molar-refractivity contribution in [2.45, 2.75) is 60.2 Å². The van der Waals surface area contributed by atoms with E-state index < -0.39 is 23.8 Å². The summed E-state index contributed by atoms with van der Waals surface area (Å²) in [5.41, 5.74) is 8.55. The van der Waals surface area contributed by atoms with Gasteiger partial charge in [-0.2, -0.15) is 0 Å². The second-order valence-electron chi connectivity index (χ2n) is 9.01. The summed E-state index contributed by atoms with van der Waals surface area (Å²) in [7, 11) is 0. The van der Waals surface area contributed by atoms with Crippen LogP contribution in [-0.2, 0) is 30.6 Å². The van der Waals surface area contributed by atoms with Crippen LogP contribution in [0.15, 0.2) is 18.2 Å². The van der Waals surface area contributed by atoms with Crippen LogP contribution in [-0.4, -0.2) is 55.5 Å². The van der Waals surface area contributed by atoms with Gasteiger partial charge in [-0.1, -0.05) is 47.6 Å². The summed E-state index contributed by atoms with van der Waals surface area (Å²) in [6, 6.07) is 4.27. The molecular formula is C24H39N5O6. The molecule has 1 rings (SSSR count). The third-order valence-corrected chi connectivity index (χ3v) is 4.75. The van der Waals surface area contributed by atoms with Crippen LogP contribution in [0, 0.1) is 11.8 Å². The molecule has 1 atom stereocenters. The maximum Gasteiger partial charge on any atom is 0.308 e. The van der Waals surface area contributed by atoms with Crippen molar-refractivity contribution in [3.05, 3.63) is 29.3 Å². The maximum atomic E-state index is 12.6. The standard InChI is InChI=1S/C24H39N5O6/c1-14(2)21(27-16(5)6)23(32)26-12-20(30)28-18-8-7-17(13-34-24(33)15(3)4)19(11-18)22(31)29-35-10-9-25/h7-8,11,14-16,21,27H,9-10,12-13,25H2,1-6H3,(H,26,32)(H,28,30)(H,29,31). The topological polar surface area (TPSA) is 161 Å². The number of ether oxygens (including phenoxy) is 1. The first-order valence-electron chi connectivity index (χ1n) is 11.7. The Bertz CT molecular complexity index is 872. The average molecular weight is 494 g/mol. The molecule has 0 spiro atoms. The number of nitrogens with two attached hydrogens (primary N) is 1. The molecule has 0 radical (unpaired) electrons. The number of hydrogen-bond donors (Lipinski definition) is 5. The number of amides is 3. The largest absolute Gasteiger partial charge is 0.461 e. The SMILES string of the molecule is CC(C)NC(C(=O)NCC(=O)Nc1ccc(COC(=O)C(C)C)c(C(=O)NOCCN)c1)C(C)C. The number of nitrogens with one attached hydrogen (secondary N) is 4. The summed E-state index contributed by atoms with van der Waals surface area (Å²) in [6.07, 6.45) is 0. The molecular weight excluding hydrogens is 454 g/mol. The second-order valence-corrected chi connectivity index (χ2v) is 9.01. The lowest BCUT2D eigenvalue weighted by Gasteiger charge is -2.23. The van der Waals surface area contributed by atoms with E-state index in [-0.39, 0.29) is 55.7 Å². The Kier molecular flexibility index (Phi) is 12.9. The van der Waals surface area contributed by atoms with E-state index in [9.17, 15) is 19.2 Å². The van der Waals surface area contributed by atoms with Crippen LogP contribution in [0.4, 0.5) is 5.69 Å². The zero-order valence-corrected chi connectivity index (χ0v) is 21.4. The number of anilines is 1. The van der Waals surface area contributed by atoms with Gasteiger partial charge in [0.15, 0.2) is 0 Å². The number of benzene rings is 1. The summed E-state index contributed by atoms with van der Waals surface area (Å²) in [5, 5.41) is 8.47. The van der Waals surface area contributed by atoms with Crippen molar-refractivity contribution in [1.29, 1.82) is 0 Å². The van der Waals surface area contributed by atoms with Gasteiger partial charge in [0.2, 0.25) is 11.8 Å². The first-order chi connectivity index (χ1) is 16.5. The van der Waals surface area contributed by atoms with Crippen molar-refractivity contribution < 1.29 is 28.8 Å². The van der Waals surface area contributed by atoms with Crippen molar-refractivity contribution in [2.75, 3.05) is 25.0 Å². The van der Waals surface area contributed by atoms with Gasteiger partial charge in [-0.15, -0.1) is 0 Å². The Morgan fingerprint density at radius 3 is 2.29 bits per heavy atom. The highest BCUT2D eigenvalue weighted by Gasteiger charge is 2.23. The van der Waals surface area contributed by atoms with Gasteiger partial charge in [-0.25, -0.2) is 5.48 Å². The first kappa shape index (κ1) is 30.0. The maximum absolute atomic E-state index is 12.6. The van der Waals surface area contributed by atoms with E-state index >= 15 is 0 Å². The molecule has 0 aromatic heterocycles. The molecule has 0 saturated heterocycles. The Hall–Kier alpha value is -3.02. The fourth-order valence-electron chi connectivity index (χ4n) is 2.95. The first-order valence-corrected chi connectivity index (χ1v) is 11.7. The van der Waals surface area contributed by atoms with E-state index in [1.165, 1.54) is 6.07 Å². The molecule has 6 N–H and O–H groups in total. The molecule has 0 bridgehead atoms. The van der Waals surface area contributed by atoms with Crippen LogP contribution in [0.25, 0.3) is 0 Å². The molecule has 3 amide bonds. The Balaban J connectivity index is 2.90. The lowest BCUT2D eigenvalue weighted by Crippen LogP contribution is -2.51. The fraction of sp³-hybridized carbons (Fsp3) is 0.583. The van der Waals surface area contributed by atoms with E-state index in [1.807, 2.05) is 27.7 Å². The molecule has 0 saturated carbocycles. The molecule has 35 heavy (non-hydrogen) atoms. The molecule has 1 aromatic rings.